The average Bonchev–Trinajstić information content (AvgIpc) is 3.22. The van der Waals surface area contributed by atoms with Crippen LogP contribution in [0.4, 0.5) is 0 Å². The predicted octanol–water partition coefficient (Wildman–Crippen LogP) is 4.72. The van der Waals surface area contributed by atoms with Crippen molar-refractivity contribution in [3.8, 4) is 0 Å². The maximum absolute atomic E-state index is 13.1. The lowest BCUT2D eigenvalue weighted by Crippen LogP contribution is -2.18. The van der Waals surface area contributed by atoms with Gasteiger partial charge in [0, 0.05) is 12.0 Å². The van der Waals surface area contributed by atoms with Crippen LogP contribution in [-0.2, 0) is 16.6 Å². The molecule has 0 atom stereocenters. The summed E-state index contributed by atoms with van der Waals surface area (Å²) in [6.07, 6.45) is 1.47. The molecule has 2 aromatic rings. The molecule has 0 heterocycles. The van der Waals surface area contributed by atoms with Gasteiger partial charge >= 0.3 is 5.97 Å². The number of carbonyl (C=O) groups is 2. The van der Waals surface area contributed by atoms with Gasteiger partial charge in [-0.25, -0.2) is 0 Å². The molecule has 3 rings (SSSR count). The lowest BCUT2D eigenvalue weighted by Gasteiger charge is -2.10. The monoisotopic (exact) mass is 346 g/mol. The molecule has 3 nitrogen and oxygen atoms in total. The second-order valence-electron chi connectivity index (χ2n) is 6.71. The first-order valence-electron chi connectivity index (χ1n) is 8.82. The maximum Gasteiger partial charge on any atom is 0.303 e. The summed E-state index contributed by atoms with van der Waals surface area (Å²) < 4.78 is 0. The standard InChI is InChI=1S/C23H22O3/c1-23(19-10-6-4-2-3-5-7-11-20(19)23)22(26)18-15-13-17(14-16-18)9-8-12-21(24)25/h2-7,10-11,13-16H,8-9,12H2,1H3,(H,24,25). The van der Waals surface area contributed by atoms with Gasteiger partial charge in [-0.3, -0.25) is 9.59 Å². The minimum atomic E-state index is -0.778. The molecule has 2 aromatic carbocycles. The number of Topliss-reactive ketones (excluding diaryl/α,β-unsaturated/α-hetero) is 1. The zero-order valence-corrected chi connectivity index (χ0v) is 14.8. The molecule has 1 aliphatic rings. The van der Waals surface area contributed by atoms with Crippen molar-refractivity contribution < 1.29 is 14.7 Å². The highest BCUT2D eigenvalue weighted by Gasteiger charge is 2.51. The summed E-state index contributed by atoms with van der Waals surface area (Å²) in [6, 6.07) is 23.3. The number of carboxylic acid groups (broad SMARTS) is 1. The molecule has 0 spiro atoms. The summed E-state index contributed by atoms with van der Waals surface area (Å²) in [5.41, 5.74) is 3.29. The van der Waals surface area contributed by atoms with Crippen LogP contribution in [0, 0.1) is 0 Å². The third-order valence-corrected chi connectivity index (χ3v) is 4.91. The van der Waals surface area contributed by atoms with Crippen LogP contribution in [0.1, 0.15) is 46.8 Å². The molecular weight excluding hydrogens is 324 g/mol. The predicted molar refractivity (Wildman–Crippen MR) is 102 cm³/mol. The van der Waals surface area contributed by atoms with E-state index in [1.807, 2.05) is 79.7 Å². The van der Waals surface area contributed by atoms with Crippen LogP contribution in [0.3, 0.4) is 0 Å². The largest absolute Gasteiger partial charge is 0.481 e. The number of hydrogen-bond donors (Lipinski definition) is 1. The number of carboxylic acids is 1. The Bertz CT molecular complexity index is 846. The van der Waals surface area contributed by atoms with Crippen molar-refractivity contribution in [2.45, 2.75) is 31.6 Å². The van der Waals surface area contributed by atoms with Gasteiger partial charge in [0.1, 0.15) is 0 Å². The van der Waals surface area contributed by atoms with Gasteiger partial charge in [0.15, 0.2) is 5.78 Å². The van der Waals surface area contributed by atoms with Gasteiger partial charge in [0.2, 0.25) is 0 Å². The third kappa shape index (κ3) is 3.67. The van der Waals surface area contributed by atoms with E-state index < -0.39 is 11.4 Å². The van der Waals surface area contributed by atoms with E-state index in [1.54, 1.807) is 0 Å². The van der Waals surface area contributed by atoms with Crippen LogP contribution < -0.4 is 0 Å². The highest BCUT2D eigenvalue weighted by Crippen LogP contribution is 2.50. The molecule has 0 fully saturated rings. The first-order chi connectivity index (χ1) is 12.5. The molecule has 1 N–H and O–H groups in total. The zero-order chi connectivity index (χ0) is 18.6. The molecule has 0 amide bonds. The van der Waals surface area contributed by atoms with Crippen LogP contribution in [0.2, 0.25) is 0 Å². The number of aryl methyl sites for hydroxylation is 1. The number of hydrogen-bond acceptors (Lipinski definition) is 2. The van der Waals surface area contributed by atoms with Crippen LogP contribution in [0.15, 0.2) is 72.8 Å². The first kappa shape index (κ1) is 17.9. The van der Waals surface area contributed by atoms with Crippen LogP contribution in [0.5, 0.6) is 0 Å². The van der Waals surface area contributed by atoms with Gasteiger partial charge in [-0.1, -0.05) is 72.8 Å². The molecule has 0 bridgehead atoms. The SMILES string of the molecule is CC1(C(=O)c2ccc(CCCC(=O)O)cc2)c2ccccccccc21. The van der Waals surface area contributed by atoms with Gasteiger partial charge in [0.05, 0.1) is 5.41 Å². The molecule has 0 saturated carbocycles. The number of aliphatic carboxylic acids is 1. The number of ketones is 1. The number of fused-ring (bicyclic) bond motifs is 1. The molecule has 132 valence electrons. The van der Waals surface area contributed by atoms with E-state index in [1.165, 1.54) is 0 Å². The van der Waals surface area contributed by atoms with E-state index in [-0.39, 0.29) is 12.2 Å². The Kier molecular flexibility index (Phi) is 5.17. The number of benzene rings is 1. The maximum atomic E-state index is 13.1. The van der Waals surface area contributed by atoms with Crippen LogP contribution in [0.25, 0.3) is 0 Å². The molecule has 0 saturated heterocycles. The fourth-order valence-corrected chi connectivity index (χ4v) is 3.30. The summed E-state index contributed by atoms with van der Waals surface area (Å²) in [5.74, 6) is -0.680. The summed E-state index contributed by atoms with van der Waals surface area (Å²) in [6.45, 7) is 1.97. The van der Waals surface area contributed by atoms with Crippen molar-refractivity contribution in [2.24, 2.45) is 0 Å². The van der Waals surface area contributed by atoms with Gasteiger partial charge in [-0.2, -0.15) is 0 Å². The zero-order valence-electron chi connectivity index (χ0n) is 14.8. The highest BCUT2D eigenvalue weighted by atomic mass is 16.4. The van der Waals surface area contributed by atoms with Crippen molar-refractivity contribution in [3.63, 3.8) is 0 Å². The Labute approximate surface area is 153 Å². The normalized spacial score (nSPS) is 13.3. The van der Waals surface area contributed by atoms with Gasteiger partial charge in [-0.05, 0) is 36.5 Å². The molecule has 0 aromatic heterocycles. The van der Waals surface area contributed by atoms with Gasteiger partial charge < -0.3 is 5.11 Å². The van der Waals surface area contributed by atoms with E-state index in [0.717, 1.165) is 16.7 Å². The minimum absolute atomic E-state index is 0.0982. The van der Waals surface area contributed by atoms with Gasteiger partial charge in [-0.15, -0.1) is 0 Å². The summed E-state index contributed by atoms with van der Waals surface area (Å²) >= 11 is 0. The molecular formula is C23H22O3. The van der Waals surface area contributed by atoms with Crippen molar-refractivity contribution in [3.05, 3.63) is 95.1 Å². The van der Waals surface area contributed by atoms with E-state index in [2.05, 4.69) is 0 Å². The Hall–Kier alpha value is -2.94. The molecule has 0 radical (unpaired) electrons. The fraction of sp³-hybridized carbons (Fsp3) is 0.217. The van der Waals surface area contributed by atoms with Crippen molar-refractivity contribution in [1.82, 2.24) is 0 Å². The highest BCUT2D eigenvalue weighted by molar-refractivity contribution is 6.11. The molecule has 26 heavy (non-hydrogen) atoms. The van der Waals surface area contributed by atoms with E-state index in [9.17, 15) is 9.59 Å². The first-order valence-corrected chi connectivity index (χ1v) is 8.82. The van der Waals surface area contributed by atoms with Crippen molar-refractivity contribution in [2.75, 3.05) is 0 Å². The molecule has 3 heteroatoms. The number of rotatable bonds is 6. The Balaban J connectivity index is 1.78. The minimum Gasteiger partial charge on any atom is -0.481 e. The summed E-state index contributed by atoms with van der Waals surface area (Å²) in [7, 11) is 0. The summed E-state index contributed by atoms with van der Waals surface area (Å²) in [4.78, 5) is 23.7. The average molecular weight is 346 g/mol. The summed E-state index contributed by atoms with van der Waals surface area (Å²) in [5, 5.41) is 8.71. The van der Waals surface area contributed by atoms with Crippen molar-refractivity contribution in [1.29, 1.82) is 0 Å². The van der Waals surface area contributed by atoms with E-state index in [0.29, 0.717) is 18.4 Å². The Morgan fingerprint density at radius 3 is 1.92 bits per heavy atom. The quantitative estimate of drug-likeness (QED) is 0.770. The second kappa shape index (κ2) is 7.52. The molecule has 0 aliphatic heterocycles. The molecule has 0 unspecified atom stereocenters. The molecule has 1 aliphatic carbocycles. The van der Waals surface area contributed by atoms with Crippen LogP contribution >= 0.6 is 0 Å². The van der Waals surface area contributed by atoms with Gasteiger partial charge in [0.25, 0.3) is 0 Å². The Morgan fingerprint density at radius 2 is 1.38 bits per heavy atom. The van der Waals surface area contributed by atoms with Crippen LogP contribution in [-0.4, -0.2) is 16.9 Å². The van der Waals surface area contributed by atoms with E-state index >= 15 is 0 Å². The van der Waals surface area contributed by atoms with Crippen molar-refractivity contribution >= 4 is 11.8 Å². The number of carbonyl (C=O) groups excluding carboxylic acids is 1. The third-order valence-electron chi connectivity index (χ3n) is 4.91. The Morgan fingerprint density at radius 1 is 0.846 bits per heavy atom. The van der Waals surface area contributed by atoms with E-state index in [4.69, 9.17) is 5.11 Å². The topological polar surface area (TPSA) is 54.4 Å². The lowest BCUT2D eigenvalue weighted by atomic mass is 9.91. The fourth-order valence-electron chi connectivity index (χ4n) is 3.30. The lowest BCUT2D eigenvalue weighted by molar-refractivity contribution is -0.137. The smallest absolute Gasteiger partial charge is 0.303 e. The second-order valence-corrected chi connectivity index (χ2v) is 6.71.